The fourth-order valence-electron chi connectivity index (χ4n) is 3.49. The molecule has 2 amide bonds. The molecule has 0 bridgehead atoms. The lowest BCUT2D eigenvalue weighted by Crippen LogP contribution is -2.32. The van der Waals surface area contributed by atoms with E-state index < -0.39 is 23.8 Å². The number of thioether (sulfide) groups is 1. The standard InChI is InChI=1S/C26H23F4N5OS/c1-16-3-13-22(14-4-16)35-23(33-34-25(35)37-15-18-5-9-20(27)10-6-18)17(2)31-24(36)32-21-11-7-19(8-12-21)26(28,29)30/h3-14,17H,15H2,1-2H3,(H2,31,32,36). The van der Waals surface area contributed by atoms with Gasteiger partial charge in [-0.15, -0.1) is 10.2 Å². The number of halogens is 4. The van der Waals surface area contributed by atoms with Crippen LogP contribution in [-0.4, -0.2) is 20.8 Å². The Morgan fingerprint density at radius 1 is 0.973 bits per heavy atom. The van der Waals surface area contributed by atoms with Gasteiger partial charge in [0.25, 0.3) is 0 Å². The lowest BCUT2D eigenvalue weighted by atomic mass is 10.2. The summed E-state index contributed by atoms with van der Waals surface area (Å²) in [6, 6.07) is 16.9. The molecule has 4 aromatic rings. The Kier molecular flexibility index (Phi) is 7.82. The summed E-state index contributed by atoms with van der Waals surface area (Å²) in [6.07, 6.45) is -4.46. The predicted octanol–water partition coefficient (Wildman–Crippen LogP) is 6.91. The van der Waals surface area contributed by atoms with Gasteiger partial charge in [-0.25, -0.2) is 9.18 Å². The van der Waals surface area contributed by atoms with Crippen molar-refractivity contribution >= 4 is 23.5 Å². The van der Waals surface area contributed by atoms with Crippen LogP contribution in [0.25, 0.3) is 5.69 Å². The quantitative estimate of drug-likeness (QED) is 0.202. The summed E-state index contributed by atoms with van der Waals surface area (Å²) < 4.78 is 53.4. The zero-order valence-corrected chi connectivity index (χ0v) is 20.7. The largest absolute Gasteiger partial charge is 0.416 e. The Balaban J connectivity index is 1.52. The molecule has 0 radical (unpaired) electrons. The van der Waals surface area contributed by atoms with Gasteiger partial charge < -0.3 is 10.6 Å². The fourth-order valence-corrected chi connectivity index (χ4v) is 4.41. The van der Waals surface area contributed by atoms with Gasteiger partial charge in [-0.1, -0.05) is 41.6 Å². The van der Waals surface area contributed by atoms with Crippen LogP contribution in [0.5, 0.6) is 0 Å². The molecule has 1 aromatic heterocycles. The van der Waals surface area contributed by atoms with E-state index in [2.05, 4.69) is 20.8 Å². The average molecular weight is 530 g/mol. The Morgan fingerprint density at radius 2 is 1.62 bits per heavy atom. The molecule has 3 aromatic carbocycles. The van der Waals surface area contributed by atoms with Gasteiger partial charge in [0.1, 0.15) is 5.82 Å². The van der Waals surface area contributed by atoms with Crippen LogP contribution >= 0.6 is 11.8 Å². The molecule has 0 saturated carbocycles. The highest BCUT2D eigenvalue weighted by Crippen LogP contribution is 2.30. The van der Waals surface area contributed by atoms with E-state index in [1.807, 2.05) is 35.8 Å². The minimum absolute atomic E-state index is 0.216. The van der Waals surface area contributed by atoms with Crippen LogP contribution in [0.1, 0.15) is 35.5 Å². The zero-order valence-electron chi connectivity index (χ0n) is 19.9. The van der Waals surface area contributed by atoms with Crippen molar-refractivity contribution < 1.29 is 22.4 Å². The van der Waals surface area contributed by atoms with Crippen molar-refractivity contribution in [1.29, 1.82) is 0 Å². The van der Waals surface area contributed by atoms with Crippen LogP contribution in [0.2, 0.25) is 0 Å². The molecule has 4 rings (SSSR count). The number of nitrogens with one attached hydrogen (secondary N) is 2. The molecule has 0 spiro atoms. The molecule has 0 saturated heterocycles. The number of urea groups is 1. The number of carbonyl (C=O) groups is 1. The van der Waals surface area contributed by atoms with Gasteiger partial charge in [-0.3, -0.25) is 4.57 Å². The van der Waals surface area contributed by atoms with E-state index in [1.165, 1.54) is 36.0 Å². The van der Waals surface area contributed by atoms with Gasteiger partial charge in [0.2, 0.25) is 0 Å². The summed E-state index contributed by atoms with van der Waals surface area (Å²) in [5.74, 6) is 0.682. The number of alkyl halides is 3. The molecular formula is C26H23F4N5OS. The number of carbonyl (C=O) groups excluding carboxylic acids is 1. The second-order valence-corrected chi connectivity index (χ2v) is 9.26. The van der Waals surface area contributed by atoms with Crippen LogP contribution in [0, 0.1) is 12.7 Å². The summed E-state index contributed by atoms with van der Waals surface area (Å²) in [7, 11) is 0. The third-order valence-corrected chi connectivity index (χ3v) is 6.44. The fraction of sp³-hybridized carbons (Fsp3) is 0.192. The number of rotatable bonds is 7. The average Bonchev–Trinajstić information content (AvgIpc) is 3.28. The summed E-state index contributed by atoms with van der Waals surface area (Å²) in [6.45, 7) is 3.70. The van der Waals surface area contributed by atoms with Crippen LogP contribution in [-0.2, 0) is 11.9 Å². The smallest absolute Gasteiger partial charge is 0.328 e. The normalized spacial score (nSPS) is 12.3. The Labute approximate surface area is 215 Å². The summed E-state index contributed by atoms with van der Waals surface area (Å²) in [4.78, 5) is 12.6. The lowest BCUT2D eigenvalue weighted by Gasteiger charge is -2.17. The van der Waals surface area contributed by atoms with Crippen molar-refractivity contribution in [2.45, 2.75) is 37.0 Å². The monoisotopic (exact) mass is 529 g/mol. The number of aryl methyl sites for hydroxylation is 1. The topological polar surface area (TPSA) is 71.8 Å². The molecule has 0 fully saturated rings. The van der Waals surface area contributed by atoms with Crippen LogP contribution in [0.3, 0.4) is 0 Å². The van der Waals surface area contributed by atoms with Crippen molar-refractivity contribution in [1.82, 2.24) is 20.1 Å². The summed E-state index contributed by atoms with van der Waals surface area (Å²) >= 11 is 1.41. The van der Waals surface area contributed by atoms with E-state index in [-0.39, 0.29) is 11.5 Å². The first-order chi connectivity index (χ1) is 17.6. The van der Waals surface area contributed by atoms with E-state index in [0.29, 0.717) is 16.7 Å². The van der Waals surface area contributed by atoms with Gasteiger partial charge in [0.05, 0.1) is 11.6 Å². The molecule has 2 N–H and O–H groups in total. The van der Waals surface area contributed by atoms with Crippen molar-refractivity contribution in [3.63, 3.8) is 0 Å². The van der Waals surface area contributed by atoms with E-state index in [9.17, 15) is 22.4 Å². The Bertz CT molecular complexity index is 1350. The maximum atomic E-state index is 13.2. The SMILES string of the molecule is Cc1ccc(-n2c(SCc3ccc(F)cc3)nnc2C(C)NC(=O)Nc2ccc(C(F)(F)F)cc2)cc1. The summed E-state index contributed by atoms with van der Waals surface area (Å²) in [5, 5.41) is 14.5. The van der Waals surface area contributed by atoms with Gasteiger partial charge >= 0.3 is 12.2 Å². The van der Waals surface area contributed by atoms with Crippen LogP contribution in [0.4, 0.5) is 28.0 Å². The maximum absolute atomic E-state index is 13.2. The van der Waals surface area contributed by atoms with Crippen molar-refractivity contribution in [3.05, 3.63) is 101 Å². The molecule has 37 heavy (non-hydrogen) atoms. The number of benzene rings is 3. The van der Waals surface area contributed by atoms with Crippen LogP contribution in [0.15, 0.2) is 78.0 Å². The van der Waals surface area contributed by atoms with E-state index in [0.717, 1.165) is 28.9 Å². The molecular weight excluding hydrogens is 506 g/mol. The Morgan fingerprint density at radius 3 is 2.24 bits per heavy atom. The zero-order chi connectivity index (χ0) is 26.6. The minimum atomic E-state index is -4.46. The molecule has 0 aliphatic rings. The first-order valence-corrected chi connectivity index (χ1v) is 12.2. The van der Waals surface area contributed by atoms with Gasteiger partial charge in [-0.2, -0.15) is 13.2 Å². The first kappa shape index (κ1) is 26.2. The van der Waals surface area contributed by atoms with Crippen LogP contribution < -0.4 is 10.6 Å². The van der Waals surface area contributed by atoms with Crippen molar-refractivity contribution in [3.8, 4) is 5.69 Å². The van der Waals surface area contributed by atoms with E-state index in [4.69, 9.17) is 0 Å². The highest BCUT2D eigenvalue weighted by molar-refractivity contribution is 7.98. The third-order valence-electron chi connectivity index (χ3n) is 5.44. The number of aromatic nitrogens is 3. The minimum Gasteiger partial charge on any atom is -0.328 e. The summed E-state index contributed by atoms with van der Waals surface area (Å²) in [5.41, 5.74) is 2.19. The predicted molar refractivity (Wildman–Crippen MR) is 134 cm³/mol. The third kappa shape index (κ3) is 6.67. The highest BCUT2D eigenvalue weighted by Gasteiger charge is 2.30. The number of nitrogens with zero attached hydrogens (tertiary/aromatic N) is 3. The maximum Gasteiger partial charge on any atom is 0.416 e. The molecule has 1 atom stereocenters. The molecule has 1 heterocycles. The molecule has 11 heteroatoms. The van der Waals surface area contributed by atoms with E-state index in [1.54, 1.807) is 19.1 Å². The number of anilines is 1. The second kappa shape index (κ2) is 11.0. The molecule has 1 unspecified atom stereocenters. The molecule has 0 aliphatic heterocycles. The van der Waals surface area contributed by atoms with Crippen molar-refractivity contribution in [2.24, 2.45) is 0 Å². The molecule has 192 valence electrons. The van der Waals surface area contributed by atoms with E-state index >= 15 is 0 Å². The molecule has 6 nitrogen and oxygen atoms in total. The number of hydrogen-bond donors (Lipinski definition) is 2. The van der Waals surface area contributed by atoms with Gasteiger partial charge in [-0.05, 0) is 67.9 Å². The lowest BCUT2D eigenvalue weighted by molar-refractivity contribution is -0.137. The van der Waals surface area contributed by atoms with Gasteiger partial charge in [0.15, 0.2) is 11.0 Å². The number of hydrogen-bond acceptors (Lipinski definition) is 4. The second-order valence-electron chi connectivity index (χ2n) is 8.32. The van der Waals surface area contributed by atoms with Gasteiger partial charge in [0, 0.05) is 17.1 Å². The number of amides is 2. The highest BCUT2D eigenvalue weighted by atomic mass is 32.2. The molecule has 0 aliphatic carbocycles. The first-order valence-electron chi connectivity index (χ1n) is 11.2. The Hall–Kier alpha value is -3.86. The van der Waals surface area contributed by atoms with Crippen molar-refractivity contribution in [2.75, 3.05) is 5.32 Å².